The van der Waals surface area contributed by atoms with Crippen LogP contribution in [0.2, 0.25) is 0 Å². The number of anilines is 1. The Morgan fingerprint density at radius 2 is 1.35 bits per heavy atom. The van der Waals surface area contributed by atoms with Gasteiger partial charge in [-0.3, -0.25) is 0 Å². The zero-order valence-electron chi connectivity index (χ0n) is 8.92. The van der Waals surface area contributed by atoms with Crippen LogP contribution >= 0.6 is 11.8 Å². The second-order valence-corrected chi connectivity index (χ2v) is 4.20. The maximum absolute atomic E-state index is 13.1. The zero-order chi connectivity index (χ0) is 13.0. The van der Waals surface area contributed by atoms with E-state index in [0.717, 1.165) is 5.75 Å². The van der Waals surface area contributed by atoms with E-state index in [0.29, 0.717) is 6.42 Å². The van der Waals surface area contributed by atoms with Crippen LogP contribution < -0.4 is 5.32 Å². The molecule has 1 N–H and O–H groups in total. The molecule has 0 aliphatic heterocycles. The largest absolute Gasteiger partial charge is 0.380 e. The SMILES string of the molecule is CSCCCNc1c(F)c(F)c(F)c(F)c1F. The van der Waals surface area contributed by atoms with E-state index in [9.17, 15) is 22.0 Å². The third-order valence-electron chi connectivity index (χ3n) is 2.04. The van der Waals surface area contributed by atoms with Crippen molar-refractivity contribution in [3.63, 3.8) is 0 Å². The first-order valence-electron chi connectivity index (χ1n) is 4.75. The summed E-state index contributed by atoms with van der Waals surface area (Å²) in [5.41, 5.74) is -0.970. The van der Waals surface area contributed by atoms with Crippen molar-refractivity contribution < 1.29 is 22.0 Å². The highest BCUT2D eigenvalue weighted by Crippen LogP contribution is 2.26. The highest BCUT2D eigenvalue weighted by molar-refractivity contribution is 7.98. The number of nitrogens with one attached hydrogen (secondary N) is 1. The van der Waals surface area contributed by atoms with Gasteiger partial charge in [-0.2, -0.15) is 11.8 Å². The summed E-state index contributed by atoms with van der Waals surface area (Å²) in [6.45, 7) is 0.138. The lowest BCUT2D eigenvalue weighted by atomic mass is 10.2. The average molecular weight is 271 g/mol. The number of hydrogen-bond acceptors (Lipinski definition) is 2. The van der Waals surface area contributed by atoms with Gasteiger partial charge in [0.05, 0.1) is 0 Å². The molecule has 0 atom stereocenters. The lowest BCUT2D eigenvalue weighted by Gasteiger charge is -2.10. The molecule has 0 saturated carbocycles. The molecule has 1 nitrogen and oxygen atoms in total. The number of halogens is 5. The molecule has 7 heteroatoms. The van der Waals surface area contributed by atoms with Gasteiger partial charge in [0.25, 0.3) is 0 Å². The van der Waals surface area contributed by atoms with Gasteiger partial charge in [0, 0.05) is 6.54 Å². The topological polar surface area (TPSA) is 12.0 Å². The van der Waals surface area contributed by atoms with Crippen molar-refractivity contribution in [3.05, 3.63) is 29.1 Å². The standard InChI is InChI=1S/C10H10F5NS/c1-17-4-2-3-16-10-8(14)6(12)5(11)7(13)9(10)15/h16H,2-4H2,1H3. The van der Waals surface area contributed by atoms with Gasteiger partial charge in [0.2, 0.25) is 5.82 Å². The van der Waals surface area contributed by atoms with Crippen LogP contribution in [0.4, 0.5) is 27.6 Å². The van der Waals surface area contributed by atoms with E-state index in [1.165, 1.54) is 11.8 Å². The van der Waals surface area contributed by atoms with E-state index in [4.69, 9.17) is 0 Å². The molecule has 0 amide bonds. The molecule has 0 aromatic heterocycles. The first-order valence-corrected chi connectivity index (χ1v) is 6.14. The molecule has 0 aliphatic carbocycles. The van der Waals surface area contributed by atoms with Crippen molar-refractivity contribution in [3.8, 4) is 0 Å². The third kappa shape index (κ3) is 3.02. The van der Waals surface area contributed by atoms with Crippen LogP contribution in [0.15, 0.2) is 0 Å². The molecule has 1 aromatic carbocycles. The fraction of sp³-hybridized carbons (Fsp3) is 0.400. The smallest absolute Gasteiger partial charge is 0.200 e. The van der Waals surface area contributed by atoms with Crippen molar-refractivity contribution in [1.29, 1.82) is 0 Å². The summed E-state index contributed by atoms with van der Waals surface area (Å²) in [5, 5.41) is 2.21. The van der Waals surface area contributed by atoms with E-state index in [1.807, 2.05) is 6.26 Å². The van der Waals surface area contributed by atoms with Crippen LogP contribution in [0.3, 0.4) is 0 Å². The molecule has 1 aromatic rings. The zero-order valence-corrected chi connectivity index (χ0v) is 9.74. The second kappa shape index (κ2) is 6.09. The van der Waals surface area contributed by atoms with E-state index in [1.54, 1.807) is 0 Å². The summed E-state index contributed by atoms with van der Waals surface area (Å²) in [7, 11) is 0. The minimum Gasteiger partial charge on any atom is -0.380 e. The Balaban J connectivity index is 2.92. The first kappa shape index (κ1) is 14.1. The number of rotatable bonds is 5. The quantitative estimate of drug-likeness (QED) is 0.380. The molecule has 0 unspecified atom stereocenters. The van der Waals surface area contributed by atoms with Crippen molar-refractivity contribution >= 4 is 17.4 Å². The highest BCUT2D eigenvalue weighted by atomic mass is 32.2. The molecule has 0 spiro atoms. The van der Waals surface area contributed by atoms with Gasteiger partial charge in [-0.05, 0) is 18.4 Å². The van der Waals surface area contributed by atoms with E-state index < -0.39 is 34.8 Å². The Labute approximate surface area is 99.4 Å². The Kier molecular flexibility index (Phi) is 5.04. The predicted molar refractivity (Wildman–Crippen MR) is 57.7 cm³/mol. The Bertz CT molecular complexity index is 381. The number of hydrogen-bond donors (Lipinski definition) is 1. The molecule has 0 radical (unpaired) electrons. The molecule has 0 bridgehead atoms. The van der Waals surface area contributed by atoms with Crippen molar-refractivity contribution in [1.82, 2.24) is 0 Å². The van der Waals surface area contributed by atoms with E-state index in [-0.39, 0.29) is 6.54 Å². The average Bonchev–Trinajstić information content (AvgIpc) is 2.33. The predicted octanol–water partition coefficient (Wildman–Crippen LogP) is 3.55. The summed E-state index contributed by atoms with van der Waals surface area (Å²) >= 11 is 1.52. The normalized spacial score (nSPS) is 10.7. The van der Waals surface area contributed by atoms with Crippen LogP contribution in [-0.2, 0) is 0 Å². The van der Waals surface area contributed by atoms with Crippen LogP contribution in [0, 0.1) is 29.1 Å². The molecule has 0 saturated heterocycles. The summed E-state index contributed by atoms with van der Waals surface area (Å²) in [4.78, 5) is 0. The van der Waals surface area contributed by atoms with Crippen molar-refractivity contribution in [2.75, 3.05) is 23.9 Å². The molecule has 17 heavy (non-hydrogen) atoms. The van der Waals surface area contributed by atoms with Gasteiger partial charge in [-0.15, -0.1) is 0 Å². The first-order chi connectivity index (χ1) is 8.00. The Morgan fingerprint density at radius 1 is 0.882 bits per heavy atom. The maximum Gasteiger partial charge on any atom is 0.200 e. The fourth-order valence-corrected chi connectivity index (χ4v) is 1.62. The van der Waals surface area contributed by atoms with Gasteiger partial charge >= 0.3 is 0 Å². The van der Waals surface area contributed by atoms with Crippen molar-refractivity contribution in [2.24, 2.45) is 0 Å². The Morgan fingerprint density at radius 3 is 1.82 bits per heavy atom. The van der Waals surface area contributed by atoms with Crippen LogP contribution in [0.1, 0.15) is 6.42 Å². The molecule has 0 heterocycles. The second-order valence-electron chi connectivity index (χ2n) is 3.22. The van der Waals surface area contributed by atoms with Gasteiger partial charge in [-0.25, -0.2) is 22.0 Å². The lowest BCUT2D eigenvalue weighted by molar-refractivity contribution is 0.381. The van der Waals surface area contributed by atoms with Crippen LogP contribution in [-0.4, -0.2) is 18.6 Å². The summed E-state index contributed by atoms with van der Waals surface area (Å²) in [6, 6.07) is 0. The van der Waals surface area contributed by atoms with Gasteiger partial charge in [-0.1, -0.05) is 0 Å². The van der Waals surface area contributed by atoms with Gasteiger partial charge in [0.1, 0.15) is 5.69 Å². The number of thioether (sulfide) groups is 1. The van der Waals surface area contributed by atoms with Gasteiger partial charge < -0.3 is 5.32 Å². The summed E-state index contributed by atoms with van der Waals surface area (Å²) in [6.07, 6.45) is 2.40. The Hall–Kier alpha value is -0.980. The molecular formula is C10H10F5NS. The number of benzene rings is 1. The monoisotopic (exact) mass is 271 g/mol. The molecule has 96 valence electrons. The summed E-state index contributed by atoms with van der Waals surface area (Å²) in [5.74, 6) is -8.94. The fourth-order valence-electron chi connectivity index (χ4n) is 1.19. The van der Waals surface area contributed by atoms with E-state index in [2.05, 4.69) is 5.32 Å². The minimum atomic E-state index is -2.14. The van der Waals surface area contributed by atoms with E-state index >= 15 is 0 Å². The molecular weight excluding hydrogens is 261 g/mol. The minimum absolute atomic E-state index is 0.138. The third-order valence-corrected chi connectivity index (χ3v) is 2.73. The molecule has 0 fully saturated rings. The summed E-state index contributed by atoms with van der Waals surface area (Å²) < 4.78 is 64.5. The van der Waals surface area contributed by atoms with Gasteiger partial charge in [0.15, 0.2) is 23.3 Å². The maximum atomic E-state index is 13.1. The lowest BCUT2D eigenvalue weighted by Crippen LogP contribution is -2.11. The van der Waals surface area contributed by atoms with Crippen LogP contribution in [0.25, 0.3) is 0 Å². The van der Waals surface area contributed by atoms with Crippen molar-refractivity contribution in [2.45, 2.75) is 6.42 Å². The highest BCUT2D eigenvalue weighted by Gasteiger charge is 2.25. The molecule has 0 aliphatic rings. The van der Waals surface area contributed by atoms with Crippen LogP contribution in [0.5, 0.6) is 0 Å². The molecule has 1 rings (SSSR count).